The SMILES string of the molecule is Fc1cc(N2CCCC3(CCC2)CNC3)cc(F)c1C1c2ccc(OCc3ccccc3)cc2CCN1CC(F)(F)F. The molecule has 0 saturated carbocycles. The van der Waals surface area contributed by atoms with Gasteiger partial charge >= 0.3 is 6.18 Å². The van der Waals surface area contributed by atoms with E-state index in [9.17, 15) is 13.2 Å². The molecule has 1 N–H and O–H groups in total. The van der Waals surface area contributed by atoms with Crippen LogP contribution in [0.2, 0.25) is 0 Å². The smallest absolute Gasteiger partial charge is 0.401 e. The van der Waals surface area contributed by atoms with Crippen molar-refractivity contribution in [2.75, 3.05) is 44.2 Å². The maximum absolute atomic E-state index is 15.9. The summed E-state index contributed by atoms with van der Waals surface area (Å²) in [6.45, 7) is 2.54. The van der Waals surface area contributed by atoms with Crippen LogP contribution in [0, 0.1) is 17.0 Å². The molecule has 3 aliphatic heterocycles. The molecule has 3 aromatic carbocycles. The van der Waals surface area contributed by atoms with Gasteiger partial charge < -0.3 is 15.0 Å². The monoisotopic (exact) mass is 585 g/mol. The third-order valence-electron chi connectivity index (χ3n) is 9.05. The molecule has 42 heavy (non-hydrogen) atoms. The molecule has 3 aliphatic rings. The van der Waals surface area contributed by atoms with Crippen LogP contribution < -0.4 is 15.0 Å². The van der Waals surface area contributed by atoms with Crippen LogP contribution in [-0.4, -0.2) is 50.3 Å². The van der Waals surface area contributed by atoms with Crippen LogP contribution in [0.3, 0.4) is 0 Å². The van der Waals surface area contributed by atoms with Gasteiger partial charge in [0.2, 0.25) is 0 Å². The quantitative estimate of drug-likeness (QED) is 0.315. The minimum Gasteiger partial charge on any atom is -0.489 e. The number of nitrogens with zero attached hydrogens (tertiary/aromatic N) is 2. The highest BCUT2D eigenvalue weighted by Gasteiger charge is 2.40. The predicted molar refractivity (Wildman–Crippen MR) is 153 cm³/mol. The summed E-state index contributed by atoms with van der Waals surface area (Å²) >= 11 is 0. The standard InChI is InChI=1S/C33H36F5N3O/c34-28-17-25(40-13-4-11-32(12-5-14-40)20-39-21-32)18-29(35)30(28)31-27-9-8-26(42-19-23-6-2-1-3-7-23)16-24(27)10-15-41(31)22-33(36,37)38/h1-3,6-9,16-18,31,39H,4-5,10-15,19-22H2. The Morgan fingerprint density at radius 3 is 2.19 bits per heavy atom. The van der Waals surface area contributed by atoms with Gasteiger partial charge in [0.15, 0.2) is 0 Å². The van der Waals surface area contributed by atoms with Gasteiger partial charge in [-0.1, -0.05) is 36.4 Å². The summed E-state index contributed by atoms with van der Waals surface area (Å²) < 4.78 is 78.6. The first-order valence-electron chi connectivity index (χ1n) is 14.7. The number of halogens is 5. The predicted octanol–water partition coefficient (Wildman–Crippen LogP) is 7.02. The number of hydrogen-bond acceptors (Lipinski definition) is 4. The van der Waals surface area contributed by atoms with E-state index >= 15 is 8.78 Å². The van der Waals surface area contributed by atoms with Crippen molar-refractivity contribution in [3.63, 3.8) is 0 Å². The van der Waals surface area contributed by atoms with Crippen LogP contribution in [0.1, 0.15) is 54.0 Å². The Morgan fingerprint density at radius 1 is 0.881 bits per heavy atom. The van der Waals surface area contributed by atoms with E-state index in [1.165, 1.54) is 12.1 Å². The highest BCUT2D eigenvalue weighted by molar-refractivity contribution is 5.52. The Bertz CT molecular complexity index is 1360. The first-order chi connectivity index (χ1) is 20.2. The van der Waals surface area contributed by atoms with Crippen LogP contribution in [0.5, 0.6) is 5.75 Å². The molecule has 6 rings (SSSR count). The molecule has 4 nitrogen and oxygen atoms in total. The molecular weight excluding hydrogens is 549 g/mol. The fourth-order valence-electron chi connectivity index (χ4n) is 6.86. The van der Waals surface area contributed by atoms with Crippen LogP contribution in [-0.2, 0) is 13.0 Å². The second-order valence-corrected chi connectivity index (χ2v) is 12.0. The summed E-state index contributed by atoms with van der Waals surface area (Å²) in [6, 6.07) is 16.1. The molecule has 0 radical (unpaired) electrons. The molecule has 0 aromatic heterocycles. The minimum atomic E-state index is -4.51. The van der Waals surface area contributed by atoms with Crippen LogP contribution in [0.4, 0.5) is 27.6 Å². The second kappa shape index (κ2) is 11.8. The third-order valence-corrected chi connectivity index (χ3v) is 9.05. The number of benzene rings is 3. The Balaban J connectivity index is 1.28. The van der Waals surface area contributed by atoms with Crippen molar-refractivity contribution in [3.05, 3.63) is 94.6 Å². The van der Waals surface area contributed by atoms with E-state index in [0.717, 1.165) is 54.8 Å². The van der Waals surface area contributed by atoms with E-state index in [1.807, 2.05) is 35.2 Å². The molecular formula is C33H36F5N3O. The Kier molecular flexibility index (Phi) is 8.16. The molecule has 3 heterocycles. The van der Waals surface area contributed by atoms with E-state index in [0.29, 0.717) is 48.5 Å². The van der Waals surface area contributed by atoms with Crippen molar-refractivity contribution in [3.8, 4) is 5.75 Å². The summed E-state index contributed by atoms with van der Waals surface area (Å²) in [5, 5.41) is 3.36. The van der Waals surface area contributed by atoms with Gasteiger partial charge in [0, 0.05) is 44.0 Å². The van der Waals surface area contributed by atoms with Crippen LogP contribution in [0.25, 0.3) is 0 Å². The van der Waals surface area contributed by atoms with Gasteiger partial charge in [0.25, 0.3) is 0 Å². The average Bonchev–Trinajstić information content (AvgIpc) is 2.91. The summed E-state index contributed by atoms with van der Waals surface area (Å²) in [5.74, 6) is -1.07. The first-order valence-corrected chi connectivity index (χ1v) is 14.7. The minimum absolute atomic E-state index is 0.0165. The molecule has 3 aromatic rings. The van der Waals surface area contributed by atoms with Gasteiger partial charge in [-0.3, -0.25) is 4.90 Å². The molecule has 1 atom stereocenters. The molecule has 9 heteroatoms. The average molecular weight is 586 g/mol. The van der Waals surface area contributed by atoms with Crippen LogP contribution >= 0.6 is 0 Å². The van der Waals surface area contributed by atoms with Crippen molar-refractivity contribution in [2.24, 2.45) is 5.41 Å². The molecule has 2 fully saturated rings. The van der Waals surface area contributed by atoms with E-state index in [2.05, 4.69) is 5.32 Å². The zero-order valence-electron chi connectivity index (χ0n) is 23.5. The van der Waals surface area contributed by atoms with Gasteiger partial charge in [-0.2, -0.15) is 13.2 Å². The number of ether oxygens (including phenoxy) is 1. The summed E-state index contributed by atoms with van der Waals surface area (Å²) in [5.41, 5.74) is 2.64. The number of anilines is 1. The van der Waals surface area contributed by atoms with Gasteiger partial charge in [0.1, 0.15) is 24.0 Å². The van der Waals surface area contributed by atoms with Crippen molar-refractivity contribution in [1.82, 2.24) is 10.2 Å². The molecule has 0 bridgehead atoms. The fraction of sp³-hybridized carbons (Fsp3) is 0.455. The largest absolute Gasteiger partial charge is 0.489 e. The third kappa shape index (κ3) is 6.27. The maximum atomic E-state index is 15.9. The normalized spacial score (nSPS) is 20.9. The lowest BCUT2D eigenvalue weighted by Gasteiger charge is -2.45. The Hall–Kier alpha value is -3.17. The fourth-order valence-corrected chi connectivity index (χ4v) is 6.86. The molecule has 0 aliphatic carbocycles. The van der Waals surface area contributed by atoms with Crippen molar-refractivity contribution >= 4 is 5.69 Å². The van der Waals surface area contributed by atoms with E-state index in [4.69, 9.17) is 4.74 Å². The number of fused-ring (bicyclic) bond motifs is 1. The number of hydrogen-bond donors (Lipinski definition) is 1. The van der Waals surface area contributed by atoms with Crippen molar-refractivity contribution < 1.29 is 26.7 Å². The summed E-state index contributed by atoms with van der Waals surface area (Å²) in [6.07, 6.45) is -0.201. The Labute approximate surface area is 243 Å². The number of nitrogens with one attached hydrogen (secondary N) is 1. The lowest BCUT2D eigenvalue weighted by Crippen LogP contribution is -2.54. The van der Waals surface area contributed by atoms with E-state index < -0.39 is 30.4 Å². The maximum Gasteiger partial charge on any atom is 0.401 e. The highest BCUT2D eigenvalue weighted by Crippen LogP contribution is 2.42. The van der Waals surface area contributed by atoms with Gasteiger partial charge in [-0.05, 0) is 78.5 Å². The molecule has 1 unspecified atom stereocenters. The first kappa shape index (κ1) is 28.9. The summed E-state index contributed by atoms with van der Waals surface area (Å²) in [7, 11) is 0. The zero-order valence-corrected chi connectivity index (χ0v) is 23.5. The van der Waals surface area contributed by atoms with Gasteiger partial charge in [0.05, 0.1) is 12.6 Å². The van der Waals surface area contributed by atoms with Crippen LogP contribution in [0.15, 0.2) is 60.7 Å². The van der Waals surface area contributed by atoms with Gasteiger partial charge in [-0.25, -0.2) is 8.78 Å². The van der Waals surface area contributed by atoms with E-state index in [1.54, 1.807) is 18.2 Å². The second-order valence-electron chi connectivity index (χ2n) is 12.0. The Morgan fingerprint density at radius 2 is 1.57 bits per heavy atom. The van der Waals surface area contributed by atoms with Crippen molar-refractivity contribution in [1.29, 1.82) is 0 Å². The lowest BCUT2D eigenvalue weighted by atomic mass is 9.73. The summed E-state index contributed by atoms with van der Waals surface area (Å²) in [4.78, 5) is 3.14. The molecule has 2 saturated heterocycles. The topological polar surface area (TPSA) is 27.7 Å². The van der Waals surface area contributed by atoms with E-state index in [-0.39, 0.29) is 12.1 Å². The molecule has 1 spiro atoms. The highest BCUT2D eigenvalue weighted by atomic mass is 19.4. The number of alkyl halides is 3. The van der Waals surface area contributed by atoms with Crippen molar-refractivity contribution in [2.45, 2.75) is 50.9 Å². The van der Waals surface area contributed by atoms with Gasteiger partial charge in [-0.15, -0.1) is 0 Å². The molecule has 224 valence electrons. The number of rotatable bonds is 6. The zero-order chi connectivity index (χ0) is 29.3. The molecule has 0 amide bonds. The lowest BCUT2D eigenvalue weighted by molar-refractivity contribution is -0.150.